The van der Waals surface area contributed by atoms with Gasteiger partial charge in [0.15, 0.2) is 0 Å². The Balaban J connectivity index is 1.31. The van der Waals surface area contributed by atoms with Crippen LogP contribution in [0.5, 0.6) is 0 Å². The summed E-state index contributed by atoms with van der Waals surface area (Å²) in [7, 11) is -3.55. The van der Waals surface area contributed by atoms with Gasteiger partial charge in [0.2, 0.25) is 10.0 Å². The maximum Gasteiger partial charge on any atom is 0.242 e. The molecule has 9 heteroatoms. The predicted octanol–water partition coefficient (Wildman–Crippen LogP) is 2.36. The van der Waals surface area contributed by atoms with E-state index in [1.54, 1.807) is 12.1 Å². The molecule has 0 radical (unpaired) electrons. The zero-order valence-corrected chi connectivity index (χ0v) is 19.8. The van der Waals surface area contributed by atoms with Gasteiger partial charge in [0.1, 0.15) is 10.7 Å². The van der Waals surface area contributed by atoms with E-state index in [1.807, 2.05) is 0 Å². The number of anilines is 1. The minimum Gasteiger partial charge on any atom is -0.394 e. The zero-order valence-electron chi connectivity index (χ0n) is 19.0. The fourth-order valence-electron chi connectivity index (χ4n) is 5.47. The molecule has 4 rings (SSSR count). The van der Waals surface area contributed by atoms with Gasteiger partial charge in [0, 0.05) is 25.3 Å². The van der Waals surface area contributed by atoms with Crippen LogP contribution in [0.4, 0.5) is 5.82 Å². The topological polar surface area (TPSA) is 104 Å². The van der Waals surface area contributed by atoms with E-state index in [9.17, 15) is 13.5 Å². The highest BCUT2D eigenvalue weighted by Gasteiger charge is 2.44. The molecule has 8 nitrogen and oxygen atoms in total. The molecule has 3 fully saturated rings. The zero-order chi connectivity index (χ0) is 22.4. The predicted molar refractivity (Wildman–Crippen MR) is 124 cm³/mol. The number of aliphatic hydroxyl groups excluding tert-OH is 1. The number of hydrogen-bond donors (Lipinski definition) is 3. The molecule has 0 bridgehead atoms. The molecular formula is C23H38N4O4S. The van der Waals surface area contributed by atoms with Crippen molar-refractivity contribution in [3.8, 4) is 0 Å². The summed E-state index contributed by atoms with van der Waals surface area (Å²) in [6.45, 7) is 3.15. The van der Waals surface area contributed by atoms with E-state index in [4.69, 9.17) is 4.74 Å². The van der Waals surface area contributed by atoms with Crippen LogP contribution in [-0.4, -0.2) is 74.4 Å². The lowest BCUT2D eigenvalue weighted by Crippen LogP contribution is -2.67. The van der Waals surface area contributed by atoms with Gasteiger partial charge in [0.25, 0.3) is 0 Å². The van der Waals surface area contributed by atoms with Crippen molar-refractivity contribution in [3.63, 3.8) is 0 Å². The minimum absolute atomic E-state index is 0.00781. The first-order valence-corrected chi connectivity index (χ1v) is 13.7. The van der Waals surface area contributed by atoms with Crippen molar-refractivity contribution in [1.82, 2.24) is 14.6 Å². The van der Waals surface area contributed by atoms with E-state index in [0.29, 0.717) is 37.5 Å². The number of sulfonamides is 1. The third kappa shape index (κ3) is 5.62. The molecule has 2 unspecified atom stereocenters. The Morgan fingerprint density at radius 3 is 2.72 bits per heavy atom. The summed E-state index contributed by atoms with van der Waals surface area (Å²) < 4.78 is 33.8. The Labute approximate surface area is 192 Å². The Morgan fingerprint density at radius 1 is 1.16 bits per heavy atom. The molecule has 2 atom stereocenters. The molecule has 1 aliphatic carbocycles. The second kappa shape index (κ2) is 10.8. The number of morpholine rings is 1. The maximum atomic E-state index is 12.6. The average molecular weight is 467 g/mol. The number of hydrogen-bond acceptors (Lipinski definition) is 7. The van der Waals surface area contributed by atoms with Crippen LogP contribution < -0.4 is 10.0 Å². The summed E-state index contributed by atoms with van der Waals surface area (Å²) in [4.78, 5) is 6.90. The molecule has 2 saturated heterocycles. The van der Waals surface area contributed by atoms with E-state index in [2.05, 4.69) is 19.9 Å². The first kappa shape index (κ1) is 23.9. The number of nitrogens with one attached hydrogen (secondary N) is 2. The number of fused-ring (bicyclic) bond motifs is 1. The van der Waals surface area contributed by atoms with Crippen molar-refractivity contribution in [1.29, 1.82) is 0 Å². The van der Waals surface area contributed by atoms with Crippen LogP contribution in [0.3, 0.4) is 0 Å². The number of ether oxygens (including phenoxy) is 1. The van der Waals surface area contributed by atoms with Gasteiger partial charge in [-0.15, -0.1) is 0 Å². The van der Waals surface area contributed by atoms with Gasteiger partial charge < -0.3 is 15.2 Å². The summed E-state index contributed by atoms with van der Waals surface area (Å²) in [5.41, 5.74) is -0.476. The van der Waals surface area contributed by atoms with E-state index in [1.165, 1.54) is 44.7 Å². The summed E-state index contributed by atoms with van der Waals surface area (Å²) >= 11 is 0. The summed E-state index contributed by atoms with van der Waals surface area (Å²) in [5, 5.41) is 13.5. The summed E-state index contributed by atoms with van der Waals surface area (Å²) in [6, 6.07) is 3.63. The van der Waals surface area contributed by atoms with Crippen molar-refractivity contribution in [2.45, 2.75) is 74.3 Å². The van der Waals surface area contributed by atoms with Gasteiger partial charge in [-0.1, -0.05) is 38.5 Å². The van der Waals surface area contributed by atoms with Crippen LogP contribution in [0.2, 0.25) is 0 Å². The standard InChI is InChI=1S/C23H38N4O4S/c28-17-23(18-31-15-20-8-4-5-13-27(20)23)16-25-22-10-9-21(14-24-22)32(29,30)26-12-11-19-6-2-1-3-7-19/h9-10,14,19-20,26,28H,1-8,11-13,15-18H2,(H,24,25). The molecule has 1 saturated carbocycles. The molecular weight excluding hydrogens is 428 g/mol. The average Bonchev–Trinajstić information content (AvgIpc) is 2.83. The number of aliphatic hydroxyl groups is 1. The van der Waals surface area contributed by atoms with Crippen molar-refractivity contribution < 1.29 is 18.3 Å². The number of pyridine rings is 1. The monoisotopic (exact) mass is 466 g/mol. The Kier molecular flexibility index (Phi) is 8.04. The first-order valence-electron chi connectivity index (χ1n) is 12.2. The fourth-order valence-corrected chi connectivity index (χ4v) is 6.46. The lowest BCUT2D eigenvalue weighted by atomic mass is 9.87. The SMILES string of the molecule is O=S(=O)(NCCC1CCCCC1)c1ccc(NCC2(CO)COCC3CCCCN32)nc1. The van der Waals surface area contributed by atoms with Gasteiger partial charge in [-0.3, -0.25) is 4.90 Å². The van der Waals surface area contributed by atoms with Crippen LogP contribution in [0.25, 0.3) is 0 Å². The molecule has 0 amide bonds. The van der Waals surface area contributed by atoms with E-state index in [0.717, 1.165) is 32.4 Å². The smallest absolute Gasteiger partial charge is 0.242 e. The molecule has 180 valence electrons. The molecule has 1 aromatic rings. The number of piperidine rings is 1. The van der Waals surface area contributed by atoms with Crippen LogP contribution in [-0.2, 0) is 14.8 Å². The molecule has 2 aliphatic heterocycles. The second-order valence-electron chi connectivity index (χ2n) is 9.66. The Morgan fingerprint density at radius 2 is 1.97 bits per heavy atom. The van der Waals surface area contributed by atoms with Gasteiger partial charge in [-0.2, -0.15) is 0 Å². The lowest BCUT2D eigenvalue weighted by Gasteiger charge is -2.52. The third-order valence-corrected chi connectivity index (χ3v) is 8.87. The Hall–Kier alpha value is -1.26. The van der Waals surface area contributed by atoms with Crippen molar-refractivity contribution in [2.24, 2.45) is 5.92 Å². The van der Waals surface area contributed by atoms with Gasteiger partial charge in [-0.05, 0) is 43.9 Å². The Bertz CT molecular complexity index is 827. The summed E-state index contributed by atoms with van der Waals surface area (Å²) in [6.07, 6.45) is 12.0. The highest BCUT2D eigenvalue weighted by Crippen LogP contribution is 2.31. The molecule has 0 spiro atoms. The minimum atomic E-state index is -3.55. The van der Waals surface area contributed by atoms with Crippen molar-refractivity contribution in [3.05, 3.63) is 18.3 Å². The number of rotatable bonds is 9. The molecule has 1 aromatic heterocycles. The van der Waals surface area contributed by atoms with Crippen LogP contribution in [0.1, 0.15) is 57.8 Å². The van der Waals surface area contributed by atoms with Crippen molar-refractivity contribution >= 4 is 15.8 Å². The molecule has 3 heterocycles. The van der Waals surface area contributed by atoms with Crippen LogP contribution in [0.15, 0.2) is 23.2 Å². The summed E-state index contributed by atoms with van der Waals surface area (Å²) in [5.74, 6) is 1.23. The molecule has 32 heavy (non-hydrogen) atoms. The largest absolute Gasteiger partial charge is 0.394 e. The maximum absolute atomic E-state index is 12.6. The fraction of sp³-hybridized carbons (Fsp3) is 0.783. The van der Waals surface area contributed by atoms with Gasteiger partial charge in [0.05, 0.1) is 25.4 Å². The lowest BCUT2D eigenvalue weighted by molar-refractivity contribution is -0.129. The highest BCUT2D eigenvalue weighted by atomic mass is 32.2. The van der Waals surface area contributed by atoms with Crippen molar-refractivity contribution in [2.75, 3.05) is 44.8 Å². The number of nitrogens with zero attached hydrogens (tertiary/aromatic N) is 2. The third-order valence-electron chi connectivity index (χ3n) is 7.43. The highest BCUT2D eigenvalue weighted by molar-refractivity contribution is 7.89. The van der Waals surface area contributed by atoms with Crippen LogP contribution >= 0.6 is 0 Å². The molecule has 3 N–H and O–H groups in total. The quantitative estimate of drug-likeness (QED) is 0.513. The van der Waals surface area contributed by atoms with E-state index < -0.39 is 15.6 Å². The second-order valence-corrected chi connectivity index (χ2v) is 11.4. The molecule has 3 aliphatic rings. The molecule has 0 aromatic carbocycles. The van der Waals surface area contributed by atoms with Crippen LogP contribution in [0, 0.1) is 5.92 Å². The van der Waals surface area contributed by atoms with E-state index in [-0.39, 0.29) is 11.5 Å². The number of aromatic nitrogens is 1. The normalized spacial score (nSPS) is 27.7. The van der Waals surface area contributed by atoms with E-state index >= 15 is 0 Å². The first-order chi connectivity index (χ1) is 15.5. The van der Waals surface area contributed by atoms with Gasteiger partial charge in [-0.25, -0.2) is 18.1 Å². The van der Waals surface area contributed by atoms with Gasteiger partial charge >= 0.3 is 0 Å².